The van der Waals surface area contributed by atoms with E-state index in [1.165, 1.54) is 5.56 Å². The molecule has 26 heavy (non-hydrogen) atoms. The summed E-state index contributed by atoms with van der Waals surface area (Å²) in [6, 6.07) is 14.1. The van der Waals surface area contributed by atoms with Crippen molar-refractivity contribution >= 4 is 17.5 Å². The molecule has 2 aliphatic rings. The fourth-order valence-corrected chi connectivity index (χ4v) is 4.24. The number of anilines is 1. The molecule has 0 saturated carbocycles. The largest absolute Gasteiger partial charge is 0.338 e. The van der Waals surface area contributed by atoms with Gasteiger partial charge in [0.15, 0.2) is 0 Å². The van der Waals surface area contributed by atoms with Gasteiger partial charge in [-0.15, -0.1) is 0 Å². The minimum absolute atomic E-state index is 0.0705. The van der Waals surface area contributed by atoms with Crippen molar-refractivity contribution in [3.63, 3.8) is 0 Å². The predicted molar refractivity (Wildman–Crippen MR) is 99.6 cm³/mol. The van der Waals surface area contributed by atoms with Crippen LogP contribution in [-0.4, -0.2) is 40.3 Å². The van der Waals surface area contributed by atoms with Gasteiger partial charge in [-0.05, 0) is 37.0 Å². The molecule has 0 unspecified atom stereocenters. The SMILES string of the molecule is O=C(CCc1ccccc1)N1CC[C@@H]2[C@H]1CCC(=O)N2c1cccnc1. The van der Waals surface area contributed by atoms with Gasteiger partial charge in [-0.1, -0.05) is 30.3 Å². The zero-order chi connectivity index (χ0) is 17.9. The van der Waals surface area contributed by atoms with Crippen LogP contribution in [0.2, 0.25) is 0 Å². The second-order valence-electron chi connectivity index (χ2n) is 7.01. The zero-order valence-corrected chi connectivity index (χ0v) is 14.8. The van der Waals surface area contributed by atoms with Crippen LogP contribution in [0.3, 0.4) is 0 Å². The predicted octanol–water partition coefficient (Wildman–Crippen LogP) is 2.81. The van der Waals surface area contributed by atoms with E-state index in [1.807, 2.05) is 40.1 Å². The third kappa shape index (κ3) is 3.21. The van der Waals surface area contributed by atoms with Gasteiger partial charge in [0, 0.05) is 25.6 Å². The van der Waals surface area contributed by atoms with Crippen molar-refractivity contribution in [2.24, 2.45) is 0 Å². The highest BCUT2D eigenvalue weighted by atomic mass is 16.2. The summed E-state index contributed by atoms with van der Waals surface area (Å²) in [7, 11) is 0. The number of hydrogen-bond donors (Lipinski definition) is 0. The number of carbonyl (C=O) groups is 2. The lowest BCUT2D eigenvalue weighted by Crippen LogP contribution is -2.53. The molecule has 2 aliphatic heterocycles. The Morgan fingerprint density at radius 1 is 1.08 bits per heavy atom. The fraction of sp³-hybridized carbons (Fsp3) is 0.381. The van der Waals surface area contributed by atoms with E-state index in [0.29, 0.717) is 12.8 Å². The number of likely N-dealkylation sites (tertiary alicyclic amines) is 1. The van der Waals surface area contributed by atoms with Crippen molar-refractivity contribution in [2.45, 2.75) is 44.2 Å². The molecule has 0 N–H and O–H groups in total. The number of aromatic nitrogens is 1. The summed E-state index contributed by atoms with van der Waals surface area (Å²) in [5.74, 6) is 0.333. The lowest BCUT2D eigenvalue weighted by atomic mass is 9.95. The highest BCUT2D eigenvalue weighted by Gasteiger charge is 2.45. The maximum atomic E-state index is 12.8. The molecular weight excluding hydrogens is 326 g/mol. The van der Waals surface area contributed by atoms with Gasteiger partial charge < -0.3 is 9.80 Å². The zero-order valence-electron chi connectivity index (χ0n) is 14.8. The molecule has 0 radical (unpaired) electrons. The molecule has 2 fully saturated rings. The maximum absolute atomic E-state index is 12.8. The van der Waals surface area contributed by atoms with Crippen LogP contribution in [0, 0.1) is 0 Å². The molecule has 0 spiro atoms. The molecule has 2 saturated heterocycles. The van der Waals surface area contributed by atoms with E-state index in [1.54, 1.807) is 12.4 Å². The number of rotatable bonds is 4. The van der Waals surface area contributed by atoms with Gasteiger partial charge in [0.1, 0.15) is 0 Å². The summed E-state index contributed by atoms with van der Waals surface area (Å²) < 4.78 is 0. The molecule has 4 rings (SSSR count). The fourth-order valence-electron chi connectivity index (χ4n) is 4.24. The normalized spacial score (nSPS) is 22.4. The van der Waals surface area contributed by atoms with Gasteiger partial charge >= 0.3 is 0 Å². The van der Waals surface area contributed by atoms with Gasteiger partial charge in [0.25, 0.3) is 0 Å². The summed E-state index contributed by atoms with van der Waals surface area (Å²) >= 11 is 0. The first kappa shape index (κ1) is 16.8. The molecular formula is C21H23N3O2. The number of fused-ring (bicyclic) bond motifs is 1. The van der Waals surface area contributed by atoms with Gasteiger partial charge in [0.2, 0.25) is 11.8 Å². The second-order valence-corrected chi connectivity index (χ2v) is 7.01. The highest BCUT2D eigenvalue weighted by molar-refractivity contribution is 5.95. The first-order chi connectivity index (χ1) is 12.7. The van der Waals surface area contributed by atoms with Crippen LogP contribution in [-0.2, 0) is 16.0 Å². The molecule has 3 heterocycles. The molecule has 2 amide bonds. The van der Waals surface area contributed by atoms with E-state index < -0.39 is 0 Å². The molecule has 0 aliphatic carbocycles. The van der Waals surface area contributed by atoms with Crippen molar-refractivity contribution in [2.75, 3.05) is 11.4 Å². The van der Waals surface area contributed by atoms with Crippen molar-refractivity contribution < 1.29 is 9.59 Å². The Hall–Kier alpha value is -2.69. The van der Waals surface area contributed by atoms with E-state index in [2.05, 4.69) is 17.1 Å². The van der Waals surface area contributed by atoms with Crippen molar-refractivity contribution in [3.8, 4) is 0 Å². The van der Waals surface area contributed by atoms with Crippen molar-refractivity contribution in [1.82, 2.24) is 9.88 Å². The number of aryl methyl sites for hydroxylation is 1. The maximum Gasteiger partial charge on any atom is 0.227 e. The lowest BCUT2D eigenvalue weighted by molar-refractivity contribution is -0.133. The standard InChI is InChI=1S/C21H23N3O2/c25-20(10-8-16-5-2-1-3-6-16)23-14-12-19-18(23)9-11-21(26)24(19)17-7-4-13-22-15-17/h1-7,13,15,18-19H,8-12,14H2/t18-,19-/m1/s1. The Morgan fingerprint density at radius 2 is 1.92 bits per heavy atom. The van der Waals surface area contributed by atoms with E-state index in [0.717, 1.165) is 31.5 Å². The number of amides is 2. The van der Waals surface area contributed by atoms with Crippen LogP contribution >= 0.6 is 0 Å². The molecule has 1 aromatic heterocycles. The molecule has 1 aromatic carbocycles. The van der Waals surface area contributed by atoms with Crippen molar-refractivity contribution in [3.05, 3.63) is 60.4 Å². The quantitative estimate of drug-likeness (QED) is 0.853. The average Bonchev–Trinajstić information content (AvgIpc) is 3.11. The number of hydrogen-bond acceptors (Lipinski definition) is 3. The topological polar surface area (TPSA) is 53.5 Å². The molecule has 5 nitrogen and oxygen atoms in total. The number of carbonyl (C=O) groups excluding carboxylic acids is 2. The van der Waals surface area contributed by atoms with Crippen LogP contribution in [0.1, 0.15) is 31.2 Å². The highest BCUT2D eigenvalue weighted by Crippen LogP contribution is 2.34. The summed E-state index contributed by atoms with van der Waals surface area (Å²) in [4.78, 5) is 33.3. The number of pyridine rings is 1. The molecule has 134 valence electrons. The Labute approximate surface area is 153 Å². The lowest BCUT2D eigenvalue weighted by Gasteiger charge is -2.39. The Balaban J connectivity index is 1.46. The van der Waals surface area contributed by atoms with E-state index in [-0.39, 0.29) is 23.9 Å². The average molecular weight is 349 g/mol. The number of benzene rings is 1. The Bertz CT molecular complexity index is 778. The smallest absolute Gasteiger partial charge is 0.227 e. The van der Waals surface area contributed by atoms with Gasteiger partial charge in [-0.2, -0.15) is 0 Å². The number of piperidine rings is 1. The van der Waals surface area contributed by atoms with Gasteiger partial charge in [0.05, 0.1) is 24.0 Å². The third-order valence-electron chi connectivity index (χ3n) is 5.48. The number of nitrogens with zero attached hydrogens (tertiary/aromatic N) is 3. The summed E-state index contributed by atoms with van der Waals surface area (Å²) in [6.07, 6.45) is 6.81. The van der Waals surface area contributed by atoms with E-state index in [4.69, 9.17) is 0 Å². The van der Waals surface area contributed by atoms with Crippen molar-refractivity contribution in [1.29, 1.82) is 0 Å². The molecule has 2 atom stereocenters. The van der Waals surface area contributed by atoms with Crippen LogP contribution in [0.25, 0.3) is 0 Å². The van der Waals surface area contributed by atoms with Crippen LogP contribution in [0.15, 0.2) is 54.9 Å². The summed E-state index contributed by atoms with van der Waals surface area (Å²) in [6.45, 7) is 0.729. The van der Waals surface area contributed by atoms with Crippen LogP contribution in [0.4, 0.5) is 5.69 Å². The first-order valence-corrected chi connectivity index (χ1v) is 9.29. The molecule has 0 bridgehead atoms. The van der Waals surface area contributed by atoms with Crippen LogP contribution in [0.5, 0.6) is 0 Å². The van der Waals surface area contributed by atoms with E-state index >= 15 is 0 Å². The minimum Gasteiger partial charge on any atom is -0.338 e. The summed E-state index contributed by atoms with van der Waals surface area (Å²) in [5, 5.41) is 0. The monoisotopic (exact) mass is 349 g/mol. The van der Waals surface area contributed by atoms with Crippen LogP contribution < -0.4 is 4.90 Å². The van der Waals surface area contributed by atoms with Gasteiger partial charge in [-0.25, -0.2) is 0 Å². The van der Waals surface area contributed by atoms with E-state index in [9.17, 15) is 9.59 Å². The Morgan fingerprint density at radius 3 is 2.69 bits per heavy atom. The minimum atomic E-state index is 0.0705. The molecule has 5 heteroatoms. The molecule has 2 aromatic rings. The Kier molecular flexibility index (Phi) is 4.69. The first-order valence-electron chi connectivity index (χ1n) is 9.29. The third-order valence-corrected chi connectivity index (χ3v) is 5.48. The summed E-state index contributed by atoms with van der Waals surface area (Å²) in [5.41, 5.74) is 2.03. The van der Waals surface area contributed by atoms with Gasteiger partial charge in [-0.3, -0.25) is 14.6 Å². The second kappa shape index (κ2) is 7.28.